The van der Waals surface area contributed by atoms with Gasteiger partial charge < -0.3 is 4.79 Å². The SMILES string of the molecule is CC(C)(C=O)c1cc(F)cc(F)c1. The third-order valence-corrected chi connectivity index (χ3v) is 1.90. The van der Waals surface area contributed by atoms with E-state index in [1.807, 2.05) is 0 Å². The van der Waals surface area contributed by atoms with Gasteiger partial charge >= 0.3 is 0 Å². The minimum atomic E-state index is -0.844. The molecule has 0 saturated heterocycles. The fourth-order valence-electron chi connectivity index (χ4n) is 0.994. The molecule has 0 aromatic heterocycles. The normalized spacial score (nSPS) is 11.4. The fourth-order valence-corrected chi connectivity index (χ4v) is 0.994. The summed E-state index contributed by atoms with van der Waals surface area (Å²) in [5.74, 6) is -1.32. The van der Waals surface area contributed by atoms with E-state index >= 15 is 0 Å². The Labute approximate surface area is 75.4 Å². The van der Waals surface area contributed by atoms with Crippen LogP contribution >= 0.6 is 0 Å². The average Bonchev–Trinajstić information content (AvgIpc) is 2.02. The van der Waals surface area contributed by atoms with Gasteiger partial charge in [-0.15, -0.1) is 0 Å². The van der Waals surface area contributed by atoms with Crippen LogP contribution in [0, 0.1) is 11.6 Å². The molecule has 0 bridgehead atoms. The second-order valence-corrected chi connectivity index (χ2v) is 3.50. The molecule has 0 amide bonds. The van der Waals surface area contributed by atoms with E-state index in [0.29, 0.717) is 11.8 Å². The van der Waals surface area contributed by atoms with Crippen LogP contribution in [0.5, 0.6) is 0 Å². The van der Waals surface area contributed by atoms with Crippen LogP contribution in [0.15, 0.2) is 18.2 Å². The maximum Gasteiger partial charge on any atom is 0.129 e. The van der Waals surface area contributed by atoms with Crippen LogP contribution in [0.25, 0.3) is 0 Å². The van der Waals surface area contributed by atoms with E-state index < -0.39 is 17.0 Å². The lowest BCUT2D eigenvalue weighted by atomic mass is 9.86. The first-order valence-electron chi connectivity index (χ1n) is 3.88. The lowest BCUT2D eigenvalue weighted by molar-refractivity contribution is -0.111. The predicted molar refractivity (Wildman–Crippen MR) is 45.4 cm³/mol. The first-order chi connectivity index (χ1) is 5.95. The van der Waals surface area contributed by atoms with E-state index in [1.165, 1.54) is 0 Å². The molecule has 0 atom stereocenters. The molecule has 0 unspecified atom stereocenters. The Morgan fingerprint density at radius 2 is 1.62 bits per heavy atom. The lowest BCUT2D eigenvalue weighted by Crippen LogP contribution is -2.19. The molecule has 13 heavy (non-hydrogen) atoms. The Morgan fingerprint density at radius 1 is 1.15 bits per heavy atom. The maximum absolute atomic E-state index is 12.7. The summed E-state index contributed by atoms with van der Waals surface area (Å²) < 4.78 is 25.5. The highest BCUT2D eigenvalue weighted by atomic mass is 19.1. The predicted octanol–water partition coefficient (Wildman–Crippen LogP) is 2.44. The van der Waals surface area contributed by atoms with E-state index in [1.54, 1.807) is 13.8 Å². The van der Waals surface area contributed by atoms with Crippen molar-refractivity contribution in [1.82, 2.24) is 0 Å². The van der Waals surface area contributed by atoms with Crippen LogP contribution in [0.3, 0.4) is 0 Å². The van der Waals surface area contributed by atoms with Gasteiger partial charge in [0.1, 0.15) is 17.9 Å². The zero-order chi connectivity index (χ0) is 10.1. The third kappa shape index (κ3) is 2.11. The Kier molecular flexibility index (Phi) is 2.45. The van der Waals surface area contributed by atoms with Crippen molar-refractivity contribution in [2.24, 2.45) is 0 Å². The molecule has 1 aromatic rings. The number of carbonyl (C=O) groups is 1. The van der Waals surface area contributed by atoms with E-state index in [0.717, 1.165) is 18.2 Å². The Bertz CT molecular complexity index is 311. The summed E-state index contributed by atoms with van der Waals surface area (Å²) in [5, 5.41) is 0. The summed E-state index contributed by atoms with van der Waals surface area (Å²) in [6.45, 7) is 3.21. The Balaban J connectivity index is 3.22. The highest BCUT2D eigenvalue weighted by molar-refractivity contribution is 5.67. The summed E-state index contributed by atoms with van der Waals surface area (Å²) in [6.07, 6.45) is 0.668. The van der Waals surface area contributed by atoms with Gasteiger partial charge in [-0.25, -0.2) is 8.78 Å². The number of hydrogen-bond acceptors (Lipinski definition) is 1. The van der Waals surface area contributed by atoms with Crippen LogP contribution in [0.1, 0.15) is 19.4 Å². The van der Waals surface area contributed by atoms with Gasteiger partial charge in [0.2, 0.25) is 0 Å². The van der Waals surface area contributed by atoms with Crippen molar-refractivity contribution in [3.8, 4) is 0 Å². The van der Waals surface area contributed by atoms with Crippen LogP contribution in [-0.4, -0.2) is 6.29 Å². The average molecular weight is 184 g/mol. The second-order valence-electron chi connectivity index (χ2n) is 3.50. The van der Waals surface area contributed by atoms with E-state index in [-0.39, 0.29) is 0 Å². The van der Waals surface area contributed by atoms with Crippen molar-refractivity contribution < 1.29 is 13.6 Å². The molecule has 0 fully saturated rings. The van der Waals surface area contributed by atoms with Crippen LogP contribution in [0.2, 0.25) is 0 Å². The van der Waals surface area contributed by atoms with Gasteiger partial charge in [-0.3, -0.25) is 0 Å². The van der Waals surface area contributed by atoms with Gasteiger partial charge in [0.15, 0.2) is 0 Å². The number of halogens is 2. The summed E-state index contributed by atoms with van der Waals surface area (Å²) in [4.78, 5) is 10.6. The van der Waals surface area contributed by atoms with Gasteiger partial charge in [0.05, 0.1) is 0 Å². The molecule has 70 valence electrons. The van der Waals surface area contributed by atoms with Crippen molar-refractivity contribution in [2.45, 2.75) is 19.3 Å². The number of carbonyl (C=O) groups excluding carboxylic acids is 1. The van der Waals surface area contributed by atoms with Crippen LogP contribution < -0.4 is 0 Å². The van der Waals surface area contributed by atoms with Gasteiger partial charge in [0.25, 0.3) is 0 Å². The zero-order valence-electron chi connectivity index (χ0n) is 7.47. The first kappa shape index (κ1) is 9.84. The summed E-state index contributed by atoms with van der Waals surface area (Å²) in [6, 6.07) is 3.11. The third-order valence-electron chi connectivity index (χ3n) is 1.90. The molecule has 0 saturated carbocycles. The van der Waals surface area contributed by atoms with Crippen molar-refractivity contribution in [2.75, 3.05) is 0 Å². The Hall–Kier alpha value is -1.25. The van der Waals surface area contributed by atoms with Crippen molar-refractivity contribution in [3.63, 3.8) is 0 Å². The summed E-state index contributed by atoms with van der Waals surface area (Å²) in [5.41, 5.74) is -0.497. The maximum atomic E-state index is 12.7. The van der Waals surface area contributed by atoms with Crippen molar-refractivity contribution in [1.29, 1.82) is 0 Å². The topological polar surface area (TPSA) is 17.1 Å². The molecule has 3 heteroatoms. The van der Waals surface area contributed by atoms with Gasteiger partial charge in [-0.1, -0.05) is 0 Å². The van der Waals surface area contributed by atoms with Crippen molar-refractivity contribution >= 4 is 6.29 Å². The van der Waals surface area contributed by atoms with Crippen molar-refractivity contribution in [3.05, 3.63) is 35.4 Å². The van der Waals surface area contributed by atoms with E-state index in [4.69, 9.17) is 0 Å². The molecule has 0 N–H and O–H groups in total. The first-order valence-corrected chi connectivity index (χ1v) is 3.88. The standard InChI is InChI=1S/C10H10F2O/c1-10(2,6-13)7-3-8(11)5-9(12)4-7/h3-6H,1-2H3. The minimum Gasteiger partial charge on any atom is -0.302 e. The second kappa shape index (κ2) is 3.24. The molecule has 0 aliphatic rings. The van der Waals surface area contributed by atoms with Gasteiger partial charge in [0, 0.05) is 11.5 Å². The van der Waals surface area contributed by atoms with E-state index in [2.05, 4.69) is 0 Å². The molecule has 1 nitrogen and oxygen atoms in total. The number of hydrogen-bond donors (Lipinski definition) is 0. The van der Waals surface area contributed by atoms with Gasteiger partial charge in [-0.2, -0.15) is 0 Å². The summed E-state index contributed by atoms with van der Waals surface area (Å²) >= 11 is 0. The smallest absolute Gasteiger partial charge is 0.129 e. The number of benzene rings is 1. The molecular weight excluding hydrogens is 174 g/mol. The molecule has 1 aromatic carbocycles. The fraction of sp³-hybridized carbons (Fsp3) is 0.300. The van der Waals surface area contributed by atoms with Crippen LogP contribution in [0.4, 0.5) is 8.78 Å². The Morgan fingerprint density at radius 3 is 2.00 bits per heavy atom. The number of rotatable bonds is 2. The van der Waals surface area contributed by atoms with E-state index in [9.17, 15) is 13.6 Å². The quantitative estimate of drug-likeness (QED) is 0.645. The lowest BCUT2D eigenvalue weighted by Gasteiger charge is -2.17. The molecule has 1 rings (SSSR count). The minimum absolute atomic E-state index is 0.347. The number of aldehydes is 1. The molecular formula is C10H10F2O. The molecule has 0 heterocycles. The highest BCUT2D eigenvalue weighted by Gasteiger charge is 2.20. The van der Waals surface area contributed by atoms with Gasteiger partial charge in [-0.05, 0) is 31.5 Å². The summed E-state index contributed by atoms with van der Waals surface area (Å²) in [7, 11) is 0. The highest BCUT2D eigenvalue weighted by Crippen LogP contribution is 2.22. The largest absolute Gasteiger partial charge is 0.302 e. The molecule has 0 spiro atoms. The molecule has 0 aliphatic heterocycles. The monoisotopic (exact) mass is 184 g/mol. The zero-order valence-corrected chi connectivity index (χ0v) is 7.47. The molecule has 0 radical (unpaired) electrons. The molecule has 0 aliphatic carbocycles. The van der Waals surface area contributed by atoms with Crippen LogP contribution in [-0.2, 0) is 10.2 Å².